The highest BCUT2D eigenvalue weighted by Gasteiger charge is 2.12. The molecule has 17 heavy (non-hydrogen) atoms. The van der Waals surface area contributed by atoms with E-state index in [0.29, 0.717) is 5.82 Å². The van der Waals surface area contributed by atoms with Crippen LogP contribution >= 0.6 is 0 Å². The first kappa shape index (κ1) is 11.5. The van der Waals surface area contributed by atoms with Gasteiger partial charge in [0.1, 0.15) is 17.3 Å². The number of aryl methyl sites for hydroxylation is 2. The number of pyridine rings is 1. The number of furan rings is 1. The Hall–Kier alpha value is -1.97. The molecule has 0 saturated carbocycles. The summed E-state index contributed by atoms with van der Waals surface area (Å²) in [5, 5.41) is 3.36. The van der Waals surface area contributed by atoms with Gasteiger partial charge in [0.25, 0.3) is 0 Å². The Balaban J connectivity index is 2.14. The summed E-state index contributed by atoms with van der Waals surface area (Å²) < 4.78 is 5.52. The van der Waals surface area contributed by atoms with E-state index in [1.165, 1.54) is 5.56 Å². The van der Waals surface area contributed by atoms with Gasteiger partial charge in [0.15, 0.2) is 0 Å². The Morgan fingerprint density at radius 1 is 1.35 bits per heavy atom. The second kappa shape index (κ2) is 4.49. The molecule has 0 aliphatic heterocycles. The molecule has 4 nitrogen and oxygen atoms in total. The van der Waals surface area contributed by atoms with Gasteiger partial charge in [-0.1, -0.05) is 0 Å². The van der Waals surface area contributed by atoms with Crippen molar-refractivity contribution in [1.29, 1.82) is 0 Å². The molecule has 90 valence electrons. The molecule has 2 rings (SSSR count). The van der Waals surface area contributed by atoms with Crippen molar-refractivity contribution >= 4 is 11.5 Å². The highest BCUT2D eigenvalue weighted by molar-refractivity contribution is 5.47. The van der Waals surface area contributed by atoms with Gasteiger partial charge >= 0.3 is 0 Å². The number of hydrogen-bond donors (Lipinski definition) is 2. The summed E-state index contributed by atoms with van der Waals surface area (Å²) in [5.41, 5.74) is 7.66. The lowest BCUT2D eigenvalue weighted by molar-refractivity contribution is 0.500. The van der Waals surface area contributed by atoms with Crippen molar-refractivity contribution in [1.82, 2.24) is 4.98 Å². The number of rotatable bonds is 3. The zero-order valence-electron chi connectivity index (χ0n) is 10.3. The van der Waals surface area contributed by atoms with E-state index >= 15 is 0 Å². The van der Waals surface area contributed by atoms with Crippen molar-refractivity contribution in [2.75, 3.05) is 11.1 Å². The van der Waals surface area contributed by atoms with Crippen LogP contribution in [0.5, 0.6) is 0 Å². The van der Waals surface area contributed by atoms with Crippen molar-refractivity contribution < 1.29 is 4.42 Å². The zero-order valence-corrected chi connectivity index (χ0v) is 10.3. The monoisotopic (exact) mass is 231 g/mol. The zero-order chi connectivity index (χ0) is 12.4. The van der Waals surface area contributed by atoms with Crippen LogP contribution in [0.25, 0.3) is 0 Å². The summed E-state index contributed by atoms with van der Waals surface area (Å²) in [7, 11) is 0. The number of nitrogen functional groups attached to an aromatic ring is 1. The van der Waals surface area contributed by atoms with Crippen LogP contribution in [0, 0.1) is 13.8 Å². The molecule has 0 radical (unpaired) electrons. The summed E-state index contributed by atoms with van der Waals surface area (Å²) in [4.78, 5) is 4.05. The lowest BCUT2D eigenvalue weighted by atomic mass is 10.1. The van der Waals surface area contributed by atoms with E-state index in [4.69, 9.17) is 10.2 Å². The highest BCUT2D eigenvalue weighted by Crippen LogP contribution is 2.24. The minimum Gasteiger partial charge on any atom is -0.466 e. The van der Waals surface area contributed by atoms with Crippen molar-refractivity contribution in [3.8, 4) is 0 Å². The van der Waals surface area contributed by atoms with Crippen molar-refractivity contribution in [3.63, 3.8) is 0 Å². The first-order valence-corrected chi connectivity index (χ1v) is 5.61. The van der Waals surface area contributed by atoms with Crippen LogP contribution in [-0.2, 0) is 0 Å². The lowest BCUT2D eigenvalue weighted by Gasteiger charge is -2.14. The number of nitrogens with one attached hydrogen (secondary N) is 1. The molecule has 2 heterocycles. The second-order valence-corrected chi connectivity index (χ2v) is 4.21. The highest BCUT2D eigenvalue weighted by atomic mass is 16.3. The third kappa shape index (κ3) is 2.58. The maximum atomic E-state index is 5.54. The number of nitrogens with two attached hydrogens (primary N) is 1. The Morgan fingerprint density at radius 3 is 2.65 bits per heavy atom. The summed E-state index contributed by atoms with van der Waals surface area (Å²) >= 11 is 0. The van der Waals surface area contributed by atoms with Crippen molar-refractivity contribution in [3.05, 3.63) is 41.5 Å². The summed E-state index contributed by atoms with van der Waals surface area (Å²) in [6.07, 6.45) is 1.73. The van der Waals surface area contributed by atoms with Crippen LogP contribution < -0.4 is 11.1 Å². The average Bonchev–Trinajstić information content (AvgIpc) is 2.61. The fourth-order valence-electron chi connectivity index (χ4n) is 1.90. The number of anilines is 2. The number of nitrogens with zero attached hydrogens (tertiary/aromatic N) is 1. The van der Waals surface area contributed by atoms with E-state index < -0.39 is 0 Å². The van der Waals surface area contributed by atoms with E-state index in [0.717, 1.165) is 17.2 Å². The molecule has 0 saturated heterocycles. The lowest BCUT2D eigenvalue weighted by Crippen LogP contribution is -2.07. The molecule has 4 heteroatoms. The topological polar surface area (TPSA) is 64.1 Å². The maximum Gasteiger partial charge on any atom is 0.123 e. The third-order valence-electron chi connectivity index (χ3n) is 2.72. The fraction of sp³-hybridized carbons (Fsp3) is 0.308. The first-order valence-electron chi connectivity index (χ1n) is 5.61. The van der Waals surface area contributed by atoms with Gasteiger partial charge in [0, 0.05) is 5.56 Å². The summed E-state index contributed by atoms with van der Waals surface area (Å²) in [6, 6.07) is 5.93. The van der Waals surface area contributed by atoms with Crippen LogP contribution in [0.4, 0.5) is 11.5 Å². The van der Waals surface area contributed by atoms with Gasteiger partial charge in [-0.3, -0.25) is 0 Å². The molecular weight excluding hydrogens is 214 g/mol. The van der Waals surface area contributed by atoms with Crippen LogP contribution in [0.1, 0.15) is 30.0 Å². The maximum absolute atomic E-state index is 5.54. The van der Waals surface area contributed by atoms with Gasteiger partial charge in [-0.15, -0.1) is 0 Å². The molecule has 1 unspecified atom stereocenters. The van der Waals surface area contributed by atoms with Gasteiger partial charge in [-0.2, -0.15) is 0 Å². The standard InChI is InChI=1S/C13H17N3O/c1-8-6-12(10(3)17-8)9(2)16-11-4-5-13(14)15-7-11/h4-7,9,16H,1-3H3,(H2,14,15). The van der Waals surface area contributed by atoms with Gasteiger partial charge in [0.05, 0.1) is 17.9 Å². The van der Waals surface area contributed by atoms with Crippen LogP contribution in [0.3, 0.4) is 0 Å². The predicted octanol–water partition coefficient (Wildman–Crippen LogP) is 3.05. The van der Waals surface area contributed by atoms with E-state index in [-0.39, 0.29) is 6.04 Å². The molecular formula is C13H17N3O. The van der Waals surface area contributed by atoms with E-state index in [1.54, 1.807) is 12.3 Å². The van der Waals surface area contributed by atoms with Crippen LogP contribution in [-0.4, -0.2) is 4.98 Å². The Morgan fingerprint density at radius 2 is 2.12 bits per heavy atom. The Labute approximate surface area is 101 Å². The van der Waals surface area contributed by atoms with Crippen molar-refractivity contribution in [2.45, 2.75) is 26.8 Å². The molecule has 0 fully saturated rings. The molecule has 1 atom stereocenters. The third-order valence-corrected chi connectivity index (χ3v) is 2.72. The Kier molecular flexibility index (Phi) is 3.04. The Bertz CT molecular complexity index is 502. The van der Waals surface area contributed by atoms with E-state index in [2.05, 4.69) is 23.3 Å². The molecule has 0 aromatic carbocycles. The van der Waals surface area contributed by atoms with E-state index in [9.17, 15) is 0 Å². The average molecular weight is 231 g/mol. The minimum absolute atomic E-state index is 0.179. The van der Waals surface area contributed by atoms with Gasteiger partial charge in [0.2, 0.25) is 0 Å². The van der Waals surface area contributed by atoms with Crippen LogP contribution in [0.2, 0.25) is 0 Å². The van der Waals surface area contributed by atoms with E-state index in [1.807, 2.05) is 19.9 Å². The van der Waals surface area contributed by atoms with Crippen molar-refractivity contribution in [2.24, 2.45) is 0 Å². The smallest absolute Gasteiger partial charge is 0.123 e. The molecule has 0 spiro atoms. The molecule has 0 aliphatic rings. The minimum atomic E-state index is 0.179. The second-order valence-electron chi connectivity index (χ2n) is 4.21. The normalized spacial score (nSPS) is 12.4. The molecule has 3 N–H and O–H groups in total. The van der Waals surface area contributed by atoms with Gasteiger partial charge in [-0.25, -0.2) is 4.98 Å². The number of hydrogen-bond acceptors (Lipinski definition) is 4. The molecule has 2 aromatic rings. The van der Waals surface area contributed by atoms with Gasteiger partial charge < -0.3 is 15.5 Å². The van der Waals surface area contributed by atoms with Gasteiger partial charge in [-0.05, 0) is 39.0 Å². The fourth-order valence-corrected chi connectivity index (χ4v) is 1.90. The quantitative estimate of drug-likeness (QED) is 0.852. The largest absolute Gasteiger partial charge is 0.466 e. The summed E-state index contributed by atoms with van der Waals surface area (Å²) in [6.45, 7) is 6.02. The number of aromatic nitrogens is 1. The SMILES string of the molecule is Cc1cc(C(C)Nc2ccc(N)nc2)c(C)o1. The molecule has 0 amide bonds. The predicted molar refractivity (Wildman–Crippen MR) is 68.9 cm³/mol. The van der Waals surface area contributed by atoms with Crippen LogP contribution in [0.15, 0.2) is 28.8 Å². The first-order chi connectivity index (χ1) is 8.06. The molecule has 0 bridgehead atoms. The molecule has 0 aliphatic carbocycles. The molecule has 2 aromatic heterocycles. The summed E-state index contributed by atoms with van der Waals surface area (Å²) in [5.74, 6) is 2.41.